The van der Waals surface area contributed by atoms with Gasteiger partial charge in [0, 0.05) is 17.8 Å². The summed E-state index contributed by atoms with van der Waals surface area (Å²) in [7, 11) is 1.63. The van der Waals surface area contributed by atoms with Crippen molar-refractivity contribution < 1.29 is 14.3 Å². The fourth-order valence-electron chi connectivity index (χ4n) is 3.53. The van der Waals surface area contributed by atoms with Gasteiger partial charge in [0.2, 0.25) is 11.8 Å². The molecule has 156 valence electrons. The maximum absolute atomic E-state index is 12.9. The van der Waals surface area contributed by atoms with Crippen LogP contribution in [0.15, 0.2) is 47.5 Å². The Morgan fingerprint density at radius 1 is 1.23 bits per heavy atom. The zero-order chi connectivity index (χ0) is 21.3. The maximum Gasteiger partial charge on any atom is 0.244 e. The number of hydrogen-bond donors (Lipinski definition) is 1. The number of fused-ring (bicyclic) bond motifs is 1. The third-order valence-corrected chi connectivity index (χ3v) is 6.39. The van der Waals surface area contributed by atoms with E-state index in [9.17, 15) is 9.59 Å². The summed E-state index contributed by atoms with van der Waals surface area (Å²) in [4.78, 5) is 33.7. The van der Waals surface area contributed by atoms with Crippen molar-refractivity contribution in [2.75, 3.05) is 30.7 Å². The highest BCUT2D eigenvalue weighted by Crippen LogP contribution is 2.33. The zero-order valence-electron chi connectivity index (χ0n) is 17.2. The molecule has 0 saturated carbocycles. The van der Waals surface area contributed by atoms with Crippen molar-refractivity contribution in [3.63, 3.8) is 0 Å². The lowest BCUT2D eigenvalue weighted by atomic mass is 10.1. The molecular weight excluding hydrogens is 400 g/mol. The molecule has 0 spiro atoms. The number of benzene rings is 2. The molecule has 0 radical (unpaired) electrons. The van der Waals surface area contributed by atoms with Crippen LogP contribution in [-0.4, -0.2) is 47.6 Å². The lowest BCUT2D eigenvalue weighted by Gasteiger charge is -2.32. The Morgan fingerprint density at radius 3 is 2.70 bits per heavy atom. The second-order valence-electron chi connectivity index (χ2n) is 7.40. The Morgan fingerprint density at radius 2 is 2.00 bits per heavy atom. The third kappa shape index (κ3) is 4.14. The smallest absolute Gasteiger partial charge is 0.244 e. The summed E-state index contributed by atoms with van der Waals surface area (Å²) >= 11 is 1.37. The standard InChI is InChI=1S/C22H24N4O3S/c1-14-4-9-18(15(2)10-14)24-20(27)11-19-21(28)26-13-25(12-23-22(26)30-19)16-5-7-17(29-3)8-6-16/h4-10,19H,11-13H2,1-3H3,(H,24,27). The van der Waals surface area contributed by atoms with Gasteiger partial charge in [-0.25, -0.2) is 4.99 Å². The monoisotopic (exact) mass is 424 g/mol. The SMILES string of the molecule is COc1ccc(N2CN=C3SC(CC(=O)Nc4ccc(C)cc4C)C(=O)N3C2)cc1. The minimum absolute atomic E-state index is 0.0762. The predicted molar refractivity (Wildman–Crippen MR) is 120 cm³/mol. The fourth-order valence-corrected chi connectivity index (χ4v) is 4.66. The van der Waals surface area contributed by atoms with Crippen LogP contribution in [0, 0.1) is 13.8 Å². The predicted octanol–water partition coefficient (Wildman–Crippen LogP) is 3.38. The molecule has 2 heterocycles. The van der Waals surface area contributed by atoms with Crippen LogP contribution in [0.1, 0.15) is 17.5 Å². The van der Waals surface area contributed by atoms with Gasteiger partial charge < -0.3 is 15.0 Å². The number of nitrogens with zero attached hydrogens (tertiary/aromatic N) is 3. The van der Waals surface area contributed by atoms with Crippen LogP contribution in [0.4, 0.5) is 11.4 Å². The highest BCUT2D eigenvalue weighted by atomic mass is 32.2. The van der Waals surface area contributed by atoms with Crippen molar-refractivity contribution in [1.82, 2.24) is 4.90 Å². The van der Waals surface area contributed by atoms with E-state index in [2.05, 4.69) is 10.3 Å². The molecule has 1 fully saturated rings. The van der Waals surface area contributed by atoms with Gasteiger partial charge in [-0.15, -0.1) is 0 Å². The first-order valence-electron chi connectivity index (χ1n) is 9.73. The fraction of sp³-hybridized carbons (Fsp3) is 0.318. The summed E-state index contributed by atoms with van der Waals surface area (Å²) in [5.74, 6) is 0.538. The lowest BCUT2D eigenvalue weighted by Crippen LogP contribution is -2.46. The summed E-state index contributed by atoms with van der Waals surface area (Å²) in [6.07, 6.45) is 0.120. The molecule has 1 atom stereocenters. The maximum atomic E-state index is 12.9. The first-order valence-corrected chi connectivity index (χ1v) is 10.6. The number of aliphatic imine (C=N–C) groups is 1. The molecular formula is C22H24N4O3S. The van der Waals surface area contributed by atoms with E-state index in [1.807, 2.05) is 61.2 Å². The van der Waals surface area contributed by atoms with Crippen LogP contribution < -0.4 is 15.0 Å². The molecule has 2 amide bonds. The minimum Gasteiger partial charge on any atom is -0.497 e. The molecule has 1 saturated heterocycles. The topological polar surface area (TPSA) is 74.2 Å². The quantitative estimate of drug-likeness (QED) is 0.797. The van der Waals surface area contributed by atoms with Crippen LogP contribution in [0.5, 0.6) is 5.75 Å². The van der Waals surface area contributed by atoms with Crippen molar-refractivity contribution in [2.24, 2.45) is 4.99 Å². The molecule has 2 aliphatic heterocycles. The van der Waals surface area contributed by atoms with Gasteiger partial charge in [-0.1, -0.05) is 29.5 Å². The number of amides is 2. The largest absolute Gasteiger partial charge is 0.497 e. The number of amidine groups is 1. The highest BCUT2D eigenvalue weighted by Gasteiger charge is 2.41. The Balaban J connectivity index is 1.39. The van der Waals surface area contributed by atoms with E-state index >= 15 is 0 Å². The molecule has 4 rings (SSSR count). The number of ether oxygens (including phenoxy) is 1. The first kappa shape index (κ1) is 20.3. The van der Waals surface area contributed by atoms with Crippen LogP contribution in [-0.2, 0) is 9.59 Å². The van der Waals surface area contributed by atoms with E-state index in [-0.39, 0.29) is 18.2 Å². The Labute approximate surface area is 180 Å². The number of carbonyl (C=O) groups excluding carboxylic acids is 2. The van der Waals surface area contributed by atoms with E-state index in [1.54, 1.807) is 12.0 Å². The number of hydrogen-bond acceptors (Lipinski definition) is 6. The number of carbonyl (C=O) groups is 2. The Kier molecular flexibility index (Phi) is 5.67. The van der Waals surface area contributed by atoms with E-state index < -0.39 is 5.25 Å². The number of nitrogens with one attached hydrogen (secondary N) is 1. The van der Waals surface area contributed by atoms with E-state index in [4.69, 9.17) is 4.74 Å². The third-order valence-electron chi connectivity index (χ3n) is 5.17. The van der Waals surface area contributed by atoms with Crippen LogP contribution in [0.25, 0.3) is 0 Å². The number of methoxy groups -OCH3 is 1. The summed E-state index contributed by atoms with van der Waals surface area (Å²) < 4.78 is 5.20. The summed E-state index contributed by atoms with van der Waals surface area (Å²) in [5.41, 5.74) is 3.89. The van der Waals surface area contributed by atoms with Gasteiger partial charge in [-0.3, -0.25) is 14.5 Å². The van der Waals surface area contributed by atoms with Gasteiger partial charge >= 0.3 is 0 Å². The normalized spacial score (nSPS) is 18.2. The molecule has 2 aliphatic rings. The summed E-state index contributed by atoms with van der Waals surface area (Å²) in [6, 6.07) is 13.5. The van der Waals surface area contributed by atoms with Gasteiger partial charge in [0.25, 0.3) is 0 Å². The molecule has 30 heavy (non-hydrogen) atoms. The second kappa shape index (κ2) is 8.39. The molecule has 7 nitrogen and oxygen atoms in total. The molecule has 1 N–H and O–H groups in total. The molecule has 2 aromatic rings. The minimum atomic E-state index is -0.453. The van der Waals surface area contributed by atoms with Crippen molar-refractivity contribution in [1.29, 1.82) is 0 Å². The zero-order valence-corrected chi connectivity index (χ0v) is 18.0. The van der Waals surface area contributed by atoms with Crippen molar-refractivity contribution >= 4 is 40.1 Å². The van der Waals surface area contributed by atoms with Crippen LogP contribution in [0.2, 0.25) is 0 Å². The summed E-state index contributed by atoms with van der Waals surface area (Å²) in [6.45, 7) is 4.87. The Hall–Kier alpha value is -3.00. The van der Waals surface area contributed by atoms with E-state index in [0.29, 0.717) is 18.5 Å². The Bertz CT molecular complexity index is 1010. The lowest BCUT2D eigenvalue weighted by molar-refractivity contribution is -0.128. The number of aryl methyl sites for hydroxylation is 2. The van der Waals surface area contributed by atoms with Gasteiger partial charge in [0.05, 0.1) is 7.11 Å². The van der Waals surface area contributed by atoms with Crippen molar-refractivity contribution in [3.05, 3.63) is 53.6 Å². The summed E-state index contributed by atoms with van der Waals surface area (Å²) in [5, 5.41) is 3.16. The molecule has 0 aliphatic carbocycles. The molecule has 8 heteroatoms. The highest BCUT2D eigenvalue weighted by molar-refractivity contribution is 8.15. The number of rotatable bonds is 5. The van der Waals surface area contributed by atoms with E-state index in [1.165, 1.54) is 11.8 Å². The van der Waals surface area contributed by atoms with Crippen LogP contribution >= 0.6 is 11.8 Å². The molecule has 1 unspecified atom stereocenters. The van der Waals surface area contributed by atoms with Crippen molar-refractivity contribution in [3.8, 4) is 5.75 Å². The molecule has 2 aromatic carbocycles. The molecule has 0 aromatic heterocycles. The van der Waals surface area contributed by atoms with E-state index in [0.717, 1.165) is 28.3 Å². The average Bonchev–Trinajstić information content (AvgIpc) is 3.05. The van der Waals surface area contributed by atoms with Gasteiger partial charge in [0.1, 0.15) is 24.3 Å². The number of thioether (sulfide) groups is 1. The van der Waals surface area contributed by atoms with Gasteiger partial charge in [0.15, 0.2) is 5.17 Å². The first-order chi connectivity index (χ1) is 14.4. The second-order valence-corrected chi connectivity index (χ2v) is 8.57. The van der Waals surface area contributed by atoms with Crippen molar-refractivity contribution in [2.45, 2.75) is 25.5 Å². The average molecular weight is 425 g/mol. The van der Waals surface area contributed by atoms with Gasteiger partial charge in [-0.2, -0.15) is 0 Å². The van der Waals surface area contributed by atoms with Gasteiger partial charge in [-0.05, 0) is 49.7 Å². The molecule has 0 bridgehead atoms. The number of anilines is 2. The van der Waals surface area contributed by atoms with Crippen LogP contribution in [0.3, 0.4) is 0 Å².